The molecule has 37 heavy (non-hydrogen) atoms. The molecular formula is C26H21N6O5-. The molecule has 0 saturated carbocycles. The Labute approximate surface area is 212 Å². The fourth-order valence-corrected chi connectivity index (χ4v) is 3.37. The van der Waals surface area contributed by atoms with E-state index in [1.165, 1.54) is 12.1 Å². The van der Waals surface area contributed by atoms with Crippen LogP contribution in [-0.2, 0) is 4.79 Å². The average Bonchev–Trinajstić information content (AvgIpc) is 2.92. The molecule has 0 aliphatic heterocycles. The van der Waals surface area contributed by atoms with E-state index in [1.54, 1.807) is 54.6 Å². The number of hydrogen-bond acceptors (Lipinski definition) is 10. The maximum Gasteiger partial charge on any atom is 0.270 e. The Morgan fingerprint density at radius 2 is 1.76 bits per heavy atom. The van der Waals surface area contributed by atoms with Crippen molar-refractivity contribution < 1.29 is 19.6 Å². The molecule has 0 saturated heterocycles. The molecule has 11 nitrogen and oxygen atoms in total. The Morgan fingerprint density at radius 1 is 1.03 bits per heavy atom. The van der Waals surface area contributed by atoms with Crippen molar-refractivity contribution in [3.8, 4) is 17.9 Å². The summed E-state index contributed by atoms with van der Waals surface area (Å²) in [6, 6.07) is 23.1. The molecule has 3 aromatic carbocycles. The van der Waals surface area contributed by atoms with Crippen molar-refractivity contribution in [3.63, 3.8) is 0 Å². The standard InChI is InChI=1S/C26H22N6O5/c27-14-4-15-31(16-13-25(26(33)34)37-23-5-2-1-3-6-23)21-9-7-20(8-10-21)29-30-24-12-11-22(32(35)36)17-19(24)18-28/h1-3,5-12,17,25H,4,13,15-16H2,(H,33,34)/p-1. The predicted molar refractivity (Wildman–Crippen MR) is 131 cm³/mol. The normalized spacial score (nSPS) is 11.3. The fraction of sp³-hybridized carbons (Fsp3) is 0.192. The first-order chi connectivity index (χ1) is 17.9. The van der Waals surface area contributed by atoms with Crippen LogP contribution in [0.25, 0.3) is 0 Å². The van der Waals surface area contributed by atoms with Crippen molar-refractivity contribution in [3.05, 3.63) is 88.5 Å². The van der Waals surface area contributed by atoms with Crippen molar-refractivity contribution >= 4 is 28.7 Å². The Morgan fingerprint density at radius 3 is 2.38 bits per heavy atom. The van der Waals surface area contributed by atoms with E-state index in [0.29, 0.717) is 24.5 Å². The number of carboxylic acid groups (broad SMARTS) is 1. The minimum Gasteiger partial charge on any atom is -0.546 e. The number of non-ortho nitro benzene ring substituents is 1. The van der Waals surface area contributed by atoms with Gasteiger partial charge in [0.25, 0.3) is 5.69 Å². The third-order valence-corrected chi connectivity index (χ3v) is 5.24. The number of carboxylic acids is 1. The number of anilines is 1. The molecular weight excluding hydrogens is 476 g/mol. The molecule has 1 atom stereocenters. The summed E-state index contributed by atoms with van der Waals surface area (Å²) in [6.07, 6.45) is -0.814. The van der Waals surface area contributed by atoms with Gasteiger partial charge in [0.2, 0.25) is 0 Å². The molecule has 0 radical (unpaired) electrons. The highest BCUT2D eigenvalue weighted by Crippen LogP contribution is 2.27. The van der Waals surface area contributed by atoms with Crippen molar-refractivity contribution in [1.82, 2.24) is 0 Å². The highest BCUT2D eigenvalue weighted by molar-refractivity contribution is 5.70. The molecule has 0 heterocycles. The first-order valence-electron chi connectivity index (χ1n) is 11.2. The lowest BCUT2D eigenvalue weighted by Gasteiger charge is -2.27. The first kappa shape index (κ1) is 26.3. The molecule has 11 heteroatoms. The molecule has 0 fully saturated rings. The van der Waals surface area contributed by atoms with Crippen molar-refractivity contribution in [1.29, 1.82) is 10.5 Å². The summed E-state index contributed by atoms with van der Waals surface area (Å²) in [4.78, 5) is 23.8. The molecule has 3 rings (SSSR count). The molecule has 0 aromatic heterocycles. The third-order valence-electron chi connectivity index (χ3n) is 5.24. The fourth-order valence-electron chi connectivity index (χ4n) is 3.37. The topological polar surface area (TPSA) is 168 Å². The Hall–Kier alpha value is -5.29. The second-order valence-electron chi connectivity index (χ2n) is 7.71. The van der Waals surface area contributed by atoms with Gasteiger partial charge < -0.3 is 19.5 Å². The molecule has 0 aliphatic carbocycles. The lowest BCUT2D eigenvalue weighted by atomic mass is 10.2. The van der Waals surface area contributed by atoms with E-state index in [1.807, 2.05) is 11.0 Å². The van der Waals surface area contributed by atoms with Gasteiger partial charge in [-0.2, -0.15) is 15.6 Å². The van der Waals surface area contributed by atoms with Crippen LogP contribution in [0.4, 0.5) is 22.7 Å². The highest BCUT2D eigenvalue weighted by Gasteiger charge is 2.16. The molecule has 0 bridgehead atoms. The Bertz CT molecular complexity index is 1350. The summed E-state index contributed by atoms with van der Waals surface area (Å²) in [6.45, 7) is 0.666. The van der Waals surface area contributed by atoms with E-state index in [-0.39, 0.29) is 29.8 Å². The molecule has 3 aromatic rings. The van der Waals surface area contributed by atoms with Gasteiger partial charge in [0.05, 0.1) is 34.6 Å². The SMILES string of the molecule is N#CCCN(CCC(Oc1ccccc1)C(=O)[O-])c1ccc(N=Nc2ccc([N+](=O)[O-])cc2C#N)cc1. The van der Waals surface area contributed by atoms with Gasteiger partial charge in [-0.1, -0.05) is 18.2 Å². The number of azo groups is 1. The van der Waals surface area contributed by atoms with Gasteiger partial charge in [-0.15, -0.1) is 5.11 Å². The van der Waals surface area contributed by atoms with Crippen LogP contribution < -0.4 is 14.7 Å². The lowest BCUT2D eigenvalue weighted by molar-refractivity contribution is -0.384. The summed E-state index contributed by atoms with van der Waals surface area (Å²) in [7, 11) is 0. The number of para-hydroxylation sites is 1. The molecule has 0 amide bonds. The number of carbonyl (C=O) groups excluding carboxylic acids is 1. The van der Waals surface area contributed by atoms with Crippen molar-refractivity contribution in [2.24, 2.45) is 10.2 Å². The van der Waals surface area contributed by atoms with E-state index in [9.17, 15) is 25.3 Å². The van der Waals surface area contributed by atoms with Crippen molar-refractivity contribution in [2.75, 3.05) is 18.0 Å². The first-order valence-corrected chi connectivity index (χ1v) is 11.2. The van der Waals surface area contributed by atoms with Gasteiger partial charge in [-0.25, -0.2) is 0 Å². The van der Waals surface area contributed by atoms with E-state index in [4.69, 9.17) is 10.00 Å². The van der Waals surface area contributed by atoms with E-state index in [2.05, 4.69) is 16.3 Å². The second-order valence-corrected chi connectivity index (χ2v) is 7.71. The van der Waals surface area contributed by atoms with E-state index in [0.717, 1.165) is 11.8 Å². The number of nitrogens with zero attached hydrogens (tertiary/aromatic N) is 6. The summed E-state index contributed by atoms with van der Waals surface area (Å²) >= 11 is 0. The van der Waals surface area contributed by atoms with Gasteiger partial charge in [-0.3, -0.25) is 10.1 Å². The van der Waals surface area contributed by atoms with Crippen LogP contribution in [0.1, 0.15) is 18.4 Å². The largest absolute Gasteiger partial charge is 0.546 e. The van der Waals surface area contributed by atoms with Crippen LogP contribution in [-0.4, -0.2) is 30.1 Å². The van der Waals surface area contributed by atoms with Crippen LogP contribution in [0.3, 0.4) is 0 Å². The zero-order chi connectivity index (χ0) is 26.6. The minimum absolute atomic E-state index is 0.0254. The summed E-state index contributed by atoms with van der Waals surface area (Å²) in [5.74, 6) is -0.912. The number of nitro benzene ring substituents is 1. The predicted octanol–water partition coefficient (Wildman–Crippen LogP) is 4.19. The molecule has 0 spiro atoms. The number of carbonyl (C=O) groups is 1. The zero-order valence-electron chi connectivity index (χ0n) is 19.6. The van der Waals surface area contributed by atoms with E-state index < -0.39 is 17.0 Å². The molecule has 0 aliphatic rings. The third kappa shape index (κ3) is 7.60. The van der Waals surface area contributed by atoms with Crippen LogP contribution in [0, 0.1) is 32.8 Å². The number of benzene rings is 3. The minimum atomic E-state index is -1.33. The van der Waals surface area contributed by atoms with Gasteiger partial charge in [0, 0.05) is 37.3 Å². The maximum atomic E-state index is 11.6. The van der Waals surface area contributed by atoms with Crippen LogP contribution >= 0.6 is 0 Å². The van der Waals surface area contributed by atoms with Gasteiger partial charge in [0.1, 0.15) is 23.6 Å². The Balaban J connectivity index is 1.71. The molecule has 1 unspecified atom stereocenters. The molecule has 0 N–H and O–H groups in total. The van der Waals surface area contributed by atoms with Gasteiger partial charge in [-0.05, 0) is 42.5 Å². The number of nitro groups is 1. The second kappa shape index (κ2) is 13.0. The maximum absolute atomic E-state index is 11.6. The zero-order valence-corrected chi connectivity index (χ0v) is 19.6. The number of aliphatic carboxylic acids is 1. The summed E-state index contributed by atoms with van der Waals surface area (Å²) in [5.41, 5.74) is 1.20. The smallest absolute Gasteiger partial charge is 0.270 e. The van der Waals surface area contributed by atoms with Crippen LogP contribution in [0.5, 0.6) is 5.75 Å². The van der Waals surface area contributed by atoms with Gasteiger partial charge in [0.15, 0.2) is 0 Å². The lowest BCUT2D eigenvalue weighted by Crippen LogP contribution is -2.42. The number of hydrogen-bond donors (Lipinski definition) is 0. The molecule has 186 valence electrons. The average molecular weight is 497 g/mol. The number of rotatable bonds is 12. The van der Waals surface area contributed by atoms with Crippen LogP contribution in [0.2, 0.25) is 0 Å². The van der Waals surface area contributed by atoms with Crippen molar-refractivity contribution in [2.45, 2.75) is 18.9 Å². The number of nitriles is 2. The highest BCUT2D eigenvalue weighted by atomic mass is 16.6. The number of ether oxygens (including phenoxy) is 1. The Kier molecular flexibility index (Phi) is 9.23. The monoisotopic (exact) mass is 497 g/mol. The summed E-state index contributed by atoms with van der Waals surface area (Å²) in [5, 5.41) is 48.9. The van der Waals surface area contributed by atoms with E-state index >= 15 is 0 Å². The van der Waals surface area contributed by atoms with Crippen LogP contribution in [0.15, 0.2) is 83.0 Å². The summed E-state index contributed by atoms with van der Waals surface area (Å²) < 4.78 is 5.56. The quantitative estimate of drug-likeness (QED) is 0.204. The van der Waals surface area contributed by atoms with Gasteiger partial charge >= 0.3 is 0 Å².